The van der Waals surface area contributed by atoms with E-state index in [1.165, 1.54) is 0 Å². The lowest BCUT2D eigenvalue weighted by Crippen LogP contribution is -2.38. The molecule has 0 radical (unpaired) electrons. The third kappa shape index (κ3) is 5.42. The van der Waals surface area contributed by atoms with Crippen LogP contribution in [0.15, 0.2) is 24.4 Å². The molecule has 2 aliphatic carbocycles. The number of aromatic nitrogens is 6. The molecule has 2 aliphatic rings. The Morgan fingerprint density at radius 3 is 2.78 bits per heavy atom. The molecular formula is C27H35N7O3. The van der Waals surface area contributed by atoms with E-state index in [4.69, 9.17) is 9.72 Å². The van der Waals surface area contributed by atoms with E-state index in [1.807, 2.05) is 32.2 Å². The smallest absolute Gasteiger partial charge is 0.309 e. The molecule has 2 atom stereocenters. The Bertz CT molecular complexity index is 1290. The van der Waals surface area contributed by atoms with E-state index >= 15 is 0 Å². The number of pyridine rings is 1. The maximum Gasteiger partial charge on any atom is 0.309 e. The summed E-state index contributed by atoms with van der Waals surface area (Å²) in [7, 11) is 1.86. The number of hydrogen-bond donors (Lipinski definition) is 2. The summed E-state index contributed by atoms with van der Waals surface area (Å²) in [5.41, 5.74) is 3.50. The van der Waals surface area contributed by atoms with E-state index in [-0.39, 0.29) is 6.10 Å². The Morgan fingerprint density at radius 1 is 1.24 bits per heavy atom. The highest BCUT2D eigenvalue weighted by atomic mass is 16.5. The Kier molecular flexibility index (Phi) is 6.83. The average molecular weight is 506 g/mol. The number of carbonyl (C=O) groups is 1. The molecule has 3 aromatic rings. The van der Waals surface area contributed by atoms with Gasteiger partial charge in [0.25, 0.3) is 0 Å². The minimum absolute atomic E-state index is 0.127. The van der Waals surface area contributed by atoms with Gasteiger partial charge in [-0.25, -0.2) is 19.6 Å². The number of carboxylic acid groups (broad SMARTS) is 1. The number of carboxylic acids is 1. The van der Waals surface area contributed by atoms with Gasteiger partial charge in [-0.05, 0) is 63.1 Å². The van der Waals surface area contributed by atoms with Crippen LogP contribution >= 0.6 is 0 Å². The van der Waals surface area contributed by atoms with Crippen molar-refractivity contribution in [2.75, 3.05) is 5.32 Å². The minimum atomic E-state index is -0.748. The zero-order valence-electron chi connectivity index (χ0n) is 21.9. The van der Waals surface area contributed by atoms with E-state index in [1.54, 1.807) is 10.9 Å². The van der Waals surface area contributed by atoms with Crippen molar-refractivity contribution in [1.82, 2.24) is 29.9 Å². The first-order chi connectivity index (χ1) is 17.7. The second kappa shape index (κ2) is 10.1. The number of rotatable bonds is 9. The standard InChI is InChI=1S/C27H35N7O3/c1-16(2)19-11-13-28-26(31-19)29-15-21-24(32-33-34(21)4)20-9-10-22(23(30-20)17-7-8-17)37-18-6-5-12-27(3,14-18)25(35)36/h9-11,13,16-18H,5-8,12,14-15H2,1-4H3,(H,35,36)(H,28,29,31)/t18-,27-/m0/s1. The Hall–Kier alpha value is -3.56. The van der Waals surface area contributed by atoms with Crippen molar-refractivity contribution in [3.05, 3.63) is 41.5 Å². The van der Waals surface area contributed by atoms with Crippen molar-refractivity contribution in [3.63, 3.8) is 0 Å². The van der Waals surface area contributed by atoms with Gasteiger partial charge in [0.05, 0.1) is 35.1 Å². The lowest BCUT2D eigenvalue weighted by Gasteiger charge is -2.35. The lowest BCUT2D eigenvalue weighted by molar-refractivity contribution is -0.151. The SMILES string of the molecule is CC(C)c1ccnc(NCc2c(-c3ccc(O[C@H]4CCC[C@](C)(C(=O)O)C4)c(C4CC4)n3)nnn2C)n1. The second-order valence-electron chi connectivity index (χ2n) is 10.9. The average Bonchev–Trinajstić information content (AvgIpc) is 3.65. The molecule has 3 aromatic heterocycles. The van der Waals surface area contributed by atoms with Crippen LogP contribution in [-0.4, -0.2) is 47.1 Å². The largest absolute Gasteiger partial charge is 0.488 e. The summed E-state index contributed by atoms with van der Waals surface area (Å²) < 4.78 is 8.14. The number of aryl methyl sites for hydroxylation is 1. The van der Waals surface area contributed by atoms with Gasteiger partial charge >= 0.3 is 5.97 Å². The topological polar surface area (TPSA) is 128 Å². The number of nitrogens with one attached hydrogen (secondary N) is 1. The fourth-order valence-corrected chi connectivity index (χ4v) is 4.96. The van der Waals surface area contributed by atoms with Crippen LogP contribution < -0.4 is 10.1 Å². The van der Waals surface area contributed by atoms with Gasteiger partial charge in [-0.15, -0.1) is 5.10 Å². The van der Waals surface area contributed by atoms with Crippen LogP contribution in [-0.2, 0) is 18.4 Å². The molecular weight excluding hydrogens is 470 g/mol. The number of nitrogens with zero attached hydrogens (tertiary/aromatic N) is 6. The molecule has 0 aliphatic heterocycles. The fraction of sp³-hybridized carbons (Fsp3) is 0.556. The predicted molar refractivity (Wildman–Crippen MR) is 138 cm³/mol. The second-order valence-corrected chi connectivity index (χ2v) is 10.9. The summed E-state index contributed by atoms with van der Waals surface area (Å²) in [6.07, 6.45) is 6.68. The van der Waals surface area contributed by atoms with E-state index < -0.39 is 11.4 Å². The van der Waals surface area contributed by atoms with E-state index in [9.17, 15) is 9.90 Å². The van der Waals surface area contributed by atoms with Crippen LogP contribution in [0.3, 0.4) is 0 Å². The number of hydrogen-bond acceptors (Lipinski definition) is 8. The van der Waals surface area contributed by atoms with Gasteiger partial charge in [0.1, 0.15) is 11.4 Å². The van der Waals surface area contributed by atoms with Crippen LogP contribution in [0, 0.1) is 5.41 Å². The normalized spacial score (nSPS) is 21.7. The maximum atomic E-state index is 11.8. The van der Waals surface area contributed by atoms with Crippen molar-refractivity contribution >= 4 is 11.9 Å². The molecule has 3 heterocycles. The van der Waals surface area contributed by atoms with Gasteiger partial charge in [0.15, 0.2) is 0 Å². The van der Waals surface area contributed by atoms with Gasteiger partial charge in [-0.2, -0.15) is 0 Å². The minimum Gasteiger partial charge on any atom is -0.488 e. The molecule has 0 spiro atoms. The molecule has 0 amide bonds. The molecule has 0 unspecified atom stereocenters. The summed E-state index contributed by atoms with van der Waals surface area (Å²) in [5.74, 6) is 1.24. The summed E-state index contributed by atoms with van der Waals surface area (Å²) in [6, 6.07) is 5.81. The molecule has 5 rings (SSSR count). The molecule has 37 heavy (non-hydrogen) atoms. The first kappa shape index (κ1) is 25.1. The van der Waals surface area contributed by atoms with Crippen LogP contribution in [0.1, 0.15) is 88.2 Å². The van der Waals surface area contributed by atoms with Crippen LogP contribution in [0.4, 0.5) is 5.95 Å². The van der Waals surface area contributed by atoms with Crippen LogP contribution in [0.25, 0.3) is 11.4 Å². The number of aliphatic carboxylic acids is 1. The Balaban J connectivity index is 1.36. The molecule has 0 bridgehead atoms. The first-order valence-electron chi connectivity index (χ1n) is 13.1. The highest BCUT2D eigenvalue weighted by Gasteiger charge is 2.40. The van der Waals surface area contributed by atoms with E-state index in [0.717, 1.165) is 54.2 Å². The highest BCUT2D eigenvalue weighted by molar-refractivity contribution is 5.74. The zero-order chi connectivity index (χ0) is 26.2. The molecule has 0 aromatic carbocycles. The molecule has 2 fully saturated rings. The van der Waals surface area contributed by atoms with Crippen molar-refractivity contribution < 1.29 is 14.6 Å². The predicted octanol–water partition coefficient (Wildman–Crippen LogP) is 4.69. The Labute approximate surface area is 216 Å². The lowest BCUT2D eigenvalue weighted by atomic mass is 9.74. The summed E-state index contributed by atoms with van der Waals surface area (Å²) in [4.78, 5) is 25.7. The van der Waals surface area contributed by atoms with Crippen LogP contribution in [0.5, 0.6) is 5.75 Å². The number of ether oxygens (including phenoxy) is 1. The van der Waals surface area contributed by atoms with Crippen molar-refractivity contribution in [3.8, 4) is 17.1 Å². The first-order valence-corrected chi connectivity index (χ1v) is 13.1. The Morgan fingerprint density at radius 2 is 2.05 bits per heavy atom. The monoisotopic (exact) mass is 505 g/mol. The molecule has 196 valence electrons. The van der Waals surface area contributed by atoms with Gasteiger partial charge in [-0.3, -0.25) is 4.79 Å². The van der Waals surface area contributed by atoms with Crippen molar-refractivity contribution in [2.45, 2.75) is 83.8 Å². The van der Waals surface area contributed by atoms with Crippen LogP contribution in [0.2, 0.25) is 0 Å². The van der Waals surface area contributed by atoms with Crippen molar-refractivity contribution in [1.29, 1.82) is 0 Å². The van der Waals surface area contributed by atoms with Gasteiger partial charge in [-0.1, -0.05) is 19.1 Å². The quantitative estimate of drug-likeness (QED) is 0.425. The summed E-state index contributed by atoms with van der Waals surface area (Å²) in [5, 5.41) is 21.6. The van der Waals surface area contributed by atoms with E-state index in [2.05, 4.69) is 39.4 Å². The number of anilines is 1. The molecule has 2 N–H and O–H groups in total. The highest BCUT2D eigenvalue weighted by Crippen LogP contribution is 2.45. The third-order valence-corrected chi connectivity index (χ3v) is 7.46. The van der Waals surface area contributed by atoms with Crippen molar-refractivity contribution in [2.24, 2.45) is 12.5 Å². The van der Waals surface area contributed by atoms with Gasteiger partial charge < -0.3 is 15.2 Å². The fourth-order valence-electron chi connectivity index (χ4n) is 4.96. The molecule has 10 heteroatoms. The third-order valence-electron chi connectivity index (χ3n) is 7.46. The zero-order valence-corrected chi connectivity index (χ0v) is 21.9. The molecule has 0 saturated heterocycles. The maximum absolute atomic E-state index is 11.8. The van der Waals surface area contributed by atoms with E-state index in [0.29, 0.717) is 42.9 Å². The summed E-state index contributed by atoms with van der Waals surface area (Å²) >= 11 is 0. The van der Waals surface area contributed by atoms with Gasteiger partial charge in [0.2, 0.25) is 5.95 Å². The van der Waals surface area contributed by atoms with Gasteiger partial charge in [0, 0.05) is 31.3 Å². The summed E-state index contributed by atoms with van der Waals surface area (Å²) in [6.45, 7) is 6.48. The molecule has 10 nitrogen and oxygen atoms in total. The molecule has 2 saturated carbocycles.